The number of amides is 1. The fourth-order valence-electron chi connectivity index (χ4n) is 2.80. The van der Waals surface area contributed by atoms with Crippen LogP contribution in [0.2, 0.25) is 0 Å². The van der Waals surface area contributed by atoms with Gasteiger partial charge in [-0.2, -0.15) is 0 Å². The number of likely N-dealkylation sites (tertiary alicyclic amines) is 1. The molecule has 3 rings (SSSR count). The molecule has 1 aromatic heterocycles. The molecule has 0 bridgehead atoms. The van der Waals surface area contributed by atoms with Gasteiger partial charge in [-0.1, -0.05) is 12.1 Å². The molecule has 0 aliphatic carbocycles. The molecule has 1 aliphatic rings. The van der Waals surface area contributed by atoms with Gasteiger partial charge in [-0.3, -0.25) is 9.78 Å². The average Bonchev–Trinajstić information content (AvgIpc) is 3.05. The molecule has 2 atom stereocenters. The molecule has 1 saturated heterocycles. The van der Waals surface area contributed by atoms with Crippen molar-refractivity contribution in [1.29, 1.82) is 0 Å². The van der Waals surface area contributed by atoms with E-state index in [1.807, 2.05) is 6.92 Å². The Morgan fingerprint density at radius 1 is 1.38 bits per heavy atom. The number of carbonyl (C=O) groups is 1. The Morgan fingerprint density at radius 2 is 2.10 bits per heavy atom. The van der Waals surface area contributed by atoms with Crippen LogP contribution in [0.4, 0.5) is 4.39 Å². The Balaban J connectivity index is 1.78. The van der Waals surface area contributed by atoms with Gasteiger partial charge in [0.2, 0.25) is 5.82 Å². The third kappa shape index (κ3) is 2.58. The van der Waals surface area contributed by atoms with Gasteiger partial charge in [0, 0.05) is 18.5 Å². The molecule has 7 heteroatoms. The van der Waals surface area contributed by atoms with Crippen LogP contribution < -0.4 is 5.69 Å². The van der Waals surface area contributed by atoms with E-state index in [2.05, 4.69) is 15.2 Å². The Hall–Kier alpha value is -2.44. The van der Waals surface area contributed by atoms with Crippen LogP contribution in [0.3, 0.4) is 0 Å². The monoisotopic (exact) mass is 290 g/mol. The van der Waals surface area contributed by atoms with Gasteiger partial charge in [-0.15, -0.1) is 5.10 Å². The number of hydrogen-bond acceptors (Lipinski definition) is 3. The normalized spacial score (nSPS) is 21.7. The molecule has 0 unspecified atom stereocenters. The van der Waals surface area contributed by atoms with Gasteiger partial charge in [-0.25, -0.2) is 14.3 Å². The average molecular weight is 290 g/mol. The SMILES string of the molecule is C[C@@H]1C[C@H](c2ccc(F)cc2)CN1C(=O)c1n[nH]c(=O)[nH]1. The number of halogens is 1. The second kappa shape index (κ2) is 5.16. The Bertz CT molecular complexity index is 706. The quantitative estimate of drug-likeness (QED) is 0.873. The summed E-state index contributed by atoms with van der Waals surface area (Å²) >= 11 is 0. The van der Waals surface area contributed by atoms with Crippen LogP contribution in [-0.4, -0.2) is 38.6 Å². The molecule has 21 heavy (non-hydrogen) atoms. The topological polar surface area (TPSA) is 81.8 Å². The van der Waals surface area contributed by atoms with Gasteiger partial charge in [-0.05, 0) is 31.0 Å². The molecule has 1 aromatic carbocycles. The minimum atomic E-state index is -0.500. The second-order valence-corrected chi connectivity index (χ2v) is 5.32. The first-order valence-electron chi connectivity index (χ1n) is 6.75. The fraction of sp³-hybridized carbons (Fsp3) is 0.357. The van der Waals surface area contributed by atoms with Crippen molar-refractivity contribution in [2.24, 2.45) is 0 Å². The van der Waals surface area contributed by atoms with E-state index in [4.69, 9.17) is 0 Å². The lowest BCUT2D eigenvalue weighted by molar-refractivity contribution is 0.0734. The van der Waals surface area contributed by atoms with Crippen LogP contribution in [0.25, 0.3) is 0 Å². The summed E-state index contributed by atoms with van der Waals surface area (Å²) in [6.45, 7) is 2.48. The van der Waals surface area contributed by atoms with Crippen LogP contribution >= 0.6 is 0 Å². The summed E-state index contributed by atoms with van der Waals surface area (Å²) in [7, 11) is 0. The molecule has 6 nitrogen and oxygen atoms in total. The van der Waals surface area contributed by atoms with Crippen molar-refractivity contribution in [3.05, 3.63) is 52.0 Å². The largest absolute Gasteiger partial charge is 0.341 e. The molecule has 0 spiro atoms. The third-order valence-corrected chi connectivity index (χ3v) is 3.88. The summed E-state index contributed by atoms with van der Waals surface area (Å²) in [5.41, 5.74) is 0.509. The molecule has 2 N–H and O–H groups in total. The smallest absolute Gasteiger partial charge is 0.333 e. The summed E-state index contributed by atoms with van der Waals surface area (Å²) in [6, 6.07) is 6.38. The molecule has 110 valence electrons. The van der Waals surface area contributed by atoms with Gasteiger partial charge in [0.1, 0.15) is 5.82 Å². The van der Waals surface area contributed by atoms with Gasteiger partial charge in [0.15, 0.2) is 0 Å². The number of benzene rings is 1. The van der Waals surface area contributed by atoms with Crippen molar-refractivity contribution in [3.63, 3.8) is 0 Å². The van der Waals surface area contributed by atoms with Crippen LogP contribution in [0, 0.1) is 5.82 Å². The number of aromatic nitrogens is 3. The van der Waals surface area contributed by atoms with Crippen molar-refractivity contribution < 1.29 is 9.18 Å². The number of hydrogen-bond donors (Lipinski definition) is 2. The number of rotatable bonds is 2. The Kier molecular flexibility index (Phi) is 3.32. The van der Waals surface area contributed by atoms with Crippen LogP contribution in [0.1, 0.15) is 35.4 Å². The molecule has 0 saturated carbocycles. The Labute approximate surface area is 120 Å². The molecular weight excluding hydrogens is 275 g/mol. The molecular formula is C14H15FN4O2. The van der Waals surface area contributed by atoms with E-state index < -0.39 is 5.69 Å². The molecule has 1 aliphatic heterocycles. The maximum absolute atomic E-state index is 13.0. The highest BCUT2D eigenvalue weighted by molar-refractivity contribution is 5.90. The number of carbonyl (C=O) groups excluding carboxylic acids is 1. The number of nitrogens with zero attached hydrogens (tertiary/aromatic N) is 2. The fourth-order valence-corrected chi connectivity index (χ4v) is 2.80. The first kappa shape index (κ1) is 13.5. The summed E-state index contributed by atoms with van der Waals surface area (Å²) in [5, 5.41) is 5.86. The third-order valence-electron chi connectivity index (χ3n) is 3.88. The van der Waals surface area contributed by atoms with E-state index in [-0.39, 0.29) is 29.5 Å². The van der Waals surface area contributed by atoms with Gasteiger partial charge in [0.05, 0.1) is 0 Å². The minimum Gasteiger partial charge on any atom is -0.333 e. The van der Waals surface area contributed by atoms with E-state index in [0.717, 1.165) is 12.0 Å². The summed E-state index contributed by atoms with van der Waals surface area (Å²) < 4.78 is 13.0. The highest BCUT2D eigenvalue weighted by atomic mass is 19.1. The van der Waals surface area contributed by atoms with Gasteiger partial charge >= 0.3 is 5.69 Å². The summed E-state index contributed by atoms with van der Waals surface area (Å²) in [5.74, 6) is -0.390. The van der Waals surface area contributed by atoms with E-state index >= 15 is 0 Å². The number of aromatic amines is 2. The predicted molar refractivity (Wildman–Crippen MR) is 73.5 cm³/mol. The molecule has 2 heterocycles. The second-order valence-electron chi connectivity index (χ2n) is 5.32. The zero-order valence-corrected chi connectivity index (χ0v) is 11.5. The minimum absolute atomic E-state index is 0.0200. The standard InChI is InChI=1S/C14H15FN4O2/c1-8-6-10(9-2-4-11(15)5-3-9)7-19(8)13(20)12-16-14(21)18-17-12/h2-5,8,10H,6-7H2,1H3,(H2,16,17,18,21)/t8-,10+/m1/s1. The lowest BCUT2D eigenvalue weighted by Crippen LogP contribution is -2.34. The lowest BCUT2D eigenvalue weighted by atomic mass is 9.97. The molecule has 1 amide bonds. The van der Waals surface area contributed by atoms with E-state index in [0.29, 0.717) is 6.54 Å². The predicted octanol–water partition coefficient (Wildman–Crippen LogP) is 1.26. The van der Waals surface area contributed by atoms with Crippen LogP contribution in [0.5, 0.6) is 0 Å². The molecule has 0 radical (unpaired) electrons. The van der Waals surface area contributed by atoms with E-state index in [9.17, 15) is 14.0 Å². The maximum Gasteiger partial charge on any atom is 0.341 e. The highest BCUT2D eigenvalue weighted by Crippen LogP contribution is 2.32. The van der Waals surface area contributed by atoms with Gasteiger partial charge < -0.3 is 4.90 Å². The van der Waals surface area contributed by atoms with Gasteiger partial charge in [0.25, 0.3) is 5.91 Å². The van der Waals surface area contributed by atoms with E-state index in [1.54, 1.807) is 17.0 Å². The number of nitrogens with one attached hydrogen (secondary N) is 2. The molecule has 2 aromatic rings. The van der Waals surface area contributed by atoms with Crippen molar-refractivity contribution in [3.8, 4) is 0 Å². The zero-order chi connectivity index (χ0) is 15.0. The van der Waals surface area contributed by atoms with E-state index in [1.165, 1.54) is 12.1 Å². The van der Waals surface area contributed by atoms with Crippen molar-refractivity contribution in [2.45, 2.75) is 25.3 Å². The van der Waals surface area contributed by atoms with Crippen LogP contribution in [-0.2, 0) is 0 Å². The molecule has 1 fully saturated rings. The maximum atomic E-state index is 13.0. The van der Waals surface area contributed by atoms with Crippen LogP contribution in [0.15, 0.2) is 29.1 Å². The highest BCUT2D eigenvalue weighted by Gasteiger charge is 2.34. The summed E-state index contributed by atoms with van der Waals surface area (Å²) in [6.07, 6.45) is 0.798. The Morgan fingerprint density at radius 3 is 2.71 bits per heavy atom. The lowest BCUT2D eigenvalue weighted by Gasteiger charge is -2.19. The van der Waals surface area contributed by atoms with Crippen molar-refractivity contribution >= 4 is 5.91 Å². The van der Waals surface area contributed by atoms with Crippen molar-refractivity contribution in [1.82, 2.24) is 20.1 Å². The first-order valence-corrected chi connectivity index (χ1v) is 6.75. The number of H-pyrrole nitrogens is 2. The first-order chi connectivity index (χ1) is 10.0. The van der Waals surface area contributed by atoms with Crippen molar-refractivity contribution in [2.75, 3.05) is 6.54 Å². The summed E-state index contributed by atoms with van der Waals surface area (Å²) in [4.78, 5) is 27.4. The zero-order valence-electron chi connectivity index (χ0n) is 11.5.